The lowest BCUT2D eigenvalue weighted by atomic mass is 9.96. The molecule has 27 heavy (non-hydrogen) atoms. The van der Waals surface area contributed by atoms with Gasteiger partial charge in [0.15, 0.2) is 6.61 Å². The van der Waals surface area contributed by atoms with E-state index in [0.717, 1.165) is 41.1 Å². The van der Waals surface area contributed by atoms with E-state index in [-0.39, 0.29) is 11.9 Å². The summed E-state index contributed by atoms with van der Waals surface area (Å²) in [6.45, 7) is 5.26. The number of carboxylic acid groups (broad SMARTS) is 1. The highest BCUT2D eigenvalue weighted by molar-refractivity contribution is 7.11. The molecule has 1 atom stereocenters. The number of carbonyl (C=O) groups is 2. The Morgan fingerprint density at radius 2 is 1.96 bits per heavy atom. The van der Waals surface area contributed by atoms with Gasteiger partial charge in [-0.1, -0.05) is 0 Å². The Kier molecular flexibility index (Phi) is 5.51. The lowest BCUT2D eigenvalue weighted by Crippen LogP contribution is -2.33. The molecule has 0 aliphatic heterocycles. The van der Waals surface area contributed by atoms with Gasteiger partial charge < -0.3 is 14.7 Å². The largest absolute Gasteiger partial charge is 0.481 e. The van der Waals surface area contributed by atoms with Gasteiger partial charge in [-0.3, -0.25) is 4.79 Å². The molecule has 1 amide bonds. The molecule has 3 rings (SSSR count). The van der Waals surface area contributed by atoms with Gasteiger partial charge in [0, 0.05) is 12.6 Å². The van der Waals surface area contributed by atoms with Crippen LogP contribution in [0.15, 0.2) is 12.1 Å². The summed E-state index contributed by atoms with van der Waals surface area (Å²) in [4.78, 5) is 31.5. The molecule has 1 aromatic carbocycles. The zero-order chi connectivity index (χ0) is 19.7. The Bertz CT molecular complexity index is 867. The Hall–Kier alpha value is -2.41. The van der Waals surface area contributed by atoms with Crippen molar-refractivity contribution in [1.29, 1.82) is 0 Å². The van der Waals surface area contributed by atoms with Crippen LogP contribution in [0.5, 0.6) is 5.75 Å². The highest BCUT2D eigenvalue weighted by atomic mass is 32.1. The van der Waals surface area contributed by atoms with Crippen LogP contribution in [-0.2, 0) is 11.2 Å². The van der Waals surface area contributed by atoms with Crippen LogP contribution in [-0.4, -0.2) is 40.5 Å². The predicted molar refractivity (Wildman–Crippen MR) is 104 cm³/mol. The third-order valence-electron chi connectivity index (χ3n) is 4.86. The number of hydrogen-bond acceptors (Lipinski definition) is 5. The lowest BCUT2D eigenvalue weighted by molar-refractivity contribution is -0.139. The second-order valence-electron chi connectivity index (χ2n) is 6.99. The fourth-order valence-corrected chi connectivity index (χ4v) is 4.82. The number of nitrogens with zero attached hydrogens (tertiary/aromatic N) is 2. The van der Waals surface area contributed by atoms with Gasteiger partial charge in [0.25, 0.3) is 5.91 Å². The molecule has 0 saturated heterocycles. The van der Waals surface area contributed by atoms with Crippen LogP contribution in [0.4, 0.5) is 0 Å². The van der Waals surface area contributed by atoms with Gasteiger partial charge in [0.2, 0.25) is 0 Å². The number of carbonyl (C=O) groups excluding carboxylic acids is 1. The minimum Gasteiger partial charge on any atom is -0.481 e. The molecule has 1 aliphatic rings. The van der Waals surface area contributed by atoms with E-state index >= 15 is 0 Å². The van der Waals surface area contributed by atoms with E-state index in [1.165, 1.54) is 4.88 Å². The molecule has 1 aliphatic carbocycles. The van der Waals surface area contributed by atoms with Gasteiger partial charge in [-0.15, -0.1) is 11.3 Å². The van der Waals surface area contributed by atoms with Gasteiger partial charge in [-0.05, 0) is 63.3 Å². The number of aliphatic carboxylic acids is 1. The third-order valence-corrected chi connectivity index (χ3v) is 5.98. The van der Waals surface area contributed by atoms with E-state index in [1.54, 1.807) is 23.5 Å². The third kappa shape index (κ3) is 3.98. The average molecular weight is 388 g/mol. The number of fused-ring (bicyclic) bond motifs is 1. The molecule has 6 nitrogen and oxygen atoms in total. The summed E-state index contributed by atoms with van der Waals surface area (Å²) in [6.07, 6.45) is 2.94. The number of carboxylic acids is 1. The van der Waals surface area contributed by atoms with E-state index in [0.29, 0.717) is 11.3 Å². The van der Waals surface area contributed by atoms with Crippen molar-refractivity contribution in [2.75, 3.05) is 13.7 Å². The summed E-state index contributed by atoms with van der Waals surface area (Å²) in [7, 11) is 1.84. The first-order valence-corrected chi connectivity index (χ1v) is 9.78. The highest BCUT2D eigenvalue weighted by Gasteiger charge is 2.30. The Morgan fingerprint density at radius 1 is 1.30 bits per heavy atom. The molecule has 1 N–H and O–H groups in total. The first kappa shape index (κ1) is 19.4. The molecule has 0 fully saturated rings. The monoisotopic (exact) mass is 388 g/mol. The zero-order valence-corrected chi connectivity index (χ0v) is 16.9. The number of hydrogen-bond donors (Lipinski definition) is 1. The van der Waals surface area contributed by atoms with E-state index in [2.05, 4.69) is 4.98 Å². The number of rotatable bonds is 5. The summed E-state index contributed by atoms with van der Waals surface area (Å²) in [5.41, 5.74) is 3.22. The molecule has 1 aromatic heterocycles. The van der Waals surface area contributed by atoms with Crippen molar-refractivity contribution in [2.45, 2.75) is 46.1 Å². The van der Waals surface area contributed by atoms with Gasteiger partial charge >= 0.3 is 5.97 Å². The second kappa shape index (κ2) is 7.68. The van der Waals surface area contributed by atoms with Gasteiger partial charge in [-0.2, -0.15) is 0 Å². The van der Waals surface area contributed by atoms with E-state index in [9.17, 15) is 9.59 Å². The molecule has 2 aromatic rings. The molecular formula is C20H24N2O4S. The molecule has 1 heterocycles. The van der Waals surface area contributed by atoms with Crippen molar-refractivity contribution in [2.24, 2.45) is 0 Å². The van der Waals surface area contributed by atoms with Gasteiger partial charge in [0.05, 0.1) is 21.6 Å². The molecule has 0 bridgehead atoms. The van der Waals surface area contributed by atoms with Crippen LogP contribution >= 0.6 is 11.3 Å². The van der Waals surface area contributed by atoms with Crippen LogP contribution in [0.3, 0.4) is 0 Å². The fraction of sp³-hybridized carbons (Fsp3) is 0.450. The number of aryl methyl sites for hydroxylation is 4. The first-order chi connectivity index (χ1) is 12.8. The standard InChI is InChI=1S/C20H24N2O4S/c1-11-8-14(9-12(2)18(11)26-10-17(23)24)20(25)22(4)16-7-5-6-15-19(16)27-13(3)21-15/h8-9,16H,5-7,10H2,1-4H3,(H,23,24). The van der Waals surface area contributed by atoms with Crippen LogP contribution in [0.25, 0.3) is 0 Å². The van der Waals surface area contributed by atoms with Crippen molar-refractivity contribution >= 4 is 23.2 Å². The maximum absolute atomic E-state index is 13.1. The van der Waals surface area contributed by atoms with Gasteiger partial charge in [0.1, 0.15) is 5.75 Å². The van der Waals surface area contributed by atoms with Crippen molar-refractivity contribution in [3.05, 3.63) is 44.4 Å². The normalized spacial score (nSPS) is 15.9. The SMILES string of the molecule is Cc1nc2c(s1)C(N(C)C(=O)c1cc(C)c(OCC(=O)O)c(C)c1)CCC2. The first-order valence-electron chi connectivity index (χ1n) is 8.97. The number of thiazole rings is 1. The maximum atomic E-state index is 13.1. The minimum absolute atomic E-state index is 0.0464. The average Bonchev–Trinajstić information content (AvgIpc) is 2.99. The summed E-state index contributed by atoms with van der Waals surface area (Å²) in [6, 6.07) is 3.59. The molecular weight excluding hydrogens is 364 g/mol. The summed E-state index contributed by atoms with van der Waals surface area (Å²) < 4.78 is 5.36. The topological polar surface area (TPSA) is 79.7 Å². The van der Waals surface area contributed by atoms with E-state index in [1.807, 2.05) is 32.7 Å². The quantitative estimate of drug-likeness (QED) is 0.845. The summed E-state index contributed by atoms with van der Waals surface area (Å²) >= 11 is 1.68. The number of benzene rings is 1. The smallest absolute Gasteiger partial charge is 0.341 e. The van der Waals surface area contributed by atoms with Crippen LogP contribution in [0, 0.1) is 20.8 Å². The van der Waals surface area contributed by atoms with E-state index in [4.69, 9.17) is 9.84 Å². The summed E-state index contributed by atoms with van der Waals surface area (Å²) in [5.74, 6) is -0.550. The van der Waals surface area contributed by atoms with Gasteiger partial charge in [-0.25, -0.2) is 9.78 Å². The number of ether oxygens (including phenoxy) is 1. The fourth-order valence-electron chi connectivity index (χ4n) is 3.67. The molecule has 0 radical (unpaired) electrons. The molecule has 1 unspecified atom stereocenters. The highest BCUT2D eigenvalue weighted by Crippen LogP contribution is 2.38. The minimum atomic E-state index is -1.03. The summed E-state index contributed by atoms with van der Waals surface area (Å²) in [5, 5.41) is 9.85. The van der Waals surface area contributed by atoms with E-state index < -0.39 is 12.6 Å². The number of amides is 1. The Balaban J connectivity index is 1.84. The van der Waals surface area contributed by atoms with Crippen LogP contribution in [0.1, 0.15) is 55.9 Å². The van der Waals surface area contributed by atoms with Crippen LogP contribution in [0.2, 0.25) is 0 Å². The molecule has 0 saturated carbocycles. The molecule has 7 heteroatoms. The van der Waals surface area contributed by atoms with Crippen molar-refractivity contribution in [1.82, 2.24) is 9.88 Å². The maximum Gasteiger partial charge on any atom is 0.341 e. The Morgan fingerprint density at radius 3 is 2.59 bits per heavy atom. The predicted octanol–water partition coefficient (Wildman–Crippen LogP) is 3.68. The second-order valence-corrected chi connectivity index (χ2v) is 8.22. The molecule has 144 valence electrons. The van der Waals surface area contributed by atoms with Crippen LogP contribution < -0.4 is 4.74 Å². The van der Waals surface area contributed by atoms with Crippen molar-refractivity contribution in [3.8, 4) is 5.75 Å². The van der Waals surface area contributed by atoms with Crippen molar-refractivity contribution in [3.63, 3.8) is 0 Å². The lowest BCUT2D eigenvalue weighted by Gasteiger charge is -2.31. The van der Waals surface area contributed by atoms with Crippen molar-refractivity contribution < 1.29 is 19.4 Å². The number of aromatic nitrogens is 1. The molecule has 0 spiro atoms. The Labute approximate surface area is 162 Å². The zero-order valence-electron chi connectivity index (χ0n) is 16.0.